The molecule has 0 radical (unpaired) electrons. The molecular weight excluding hydrogens is 444 g/mol. The van der Waals surface area contributed by atoms with Crippen LogP contribution in [0.25, 0.3) is 0 Å². The first-order chi connectivity index (χ1) is 16.2. The minimum absolute atomic E-state index is 0.139. The molecule has 1 aliphatic rings. The standard InChI is InChI=1S/C22H38O7.C3H8O2/c1-2-3-4-5-6-7-8-9-10-11-12-13-14-15-18(24)28-16-17(23)21-19(25)20(26)22(27)29-21;1-3(5)2-4/h17,21,23,25-26H,2-16H2,1H3;3-5H,2H2,1H3/t17-,21+;/m0./s1. The topological polar surface area (TPSA) is 154 Å². The summed E-state index contributed by atoms with van der Waals surface area (Å²) >= 11 is 0. The van der Waals surface area contributed by atoms with E-state index in [4.69, 9.17) is 14.9 Å². The molecule has 0 aromatic heterocycles. The van der Waals surface area contributed by atoms with Crippen LogP contribution >= 0.6 is 0 Å². The summed E-state index contributed by atoms with van der Waals surface area (Å²) in [6, 6.07) is 0. The molecule has 0 amide bonds. The highest BCUT2D eigenvalue weighted by atomic mass is 16.6. The first kappa shape index (κ1) is 32.2. The number of cyclic esters (lactones) is 1. The summed E-state index contributed by atoms with van der Waals surface area (Å²) in [5, 5.41) is 44.5. The summed E-state index contributed by atoms with van der Waals surface area (Å²) in [4.78, 5) is 22.8. The zero-order valence-electron chi connectivity index (χ0n) is 20.9. The van der Waals surface area contributed by atoms with E-state index in [1.807, 2.05) is 0 Å². The van der Waals surface area contributed by atoms with Gasteiger partial charge in [0.25, 0.3) is 0 Å². The second kappa shape index (κ2) is 20.5. The summed E-state index contributed by atoms with van der Waals surface area (Å²) in [5.74, 6) is -3.21. The average Bonchev–Trinajstić information content (AvgIpc) is 3.08. The Kier molecular flexibility index (Phi) is 19.4. The van der Waals surface area contributed by atoms with Gasteiger partial charge in [-0.05, 0) is 13.3 Å². The van der Waals surface area contributed by atoms with Gasteiger partial charge in [0.15, 0.2) is 11.9 Å². The summed E-state index contributed by atoms with van der Waals surface area (Å²) in [5.41, 5.74) is 0. The van der Waals surface area contributed by atoms with E-state index in [0.29, 0.717) is 0 Å². The molecule has 0 aromatic rings. The zero-order valence-corrected chi connectivity index (χ0v) is 20.9. The highest BCUT2D eigenvalue weighted by Gasteiger charge is 2.39. The van der Waals surface area contributed by atoms with E-state index in [1.165, 1.54) is 71.1 Å². The molecule has 0 aliphatic carbocycles. The van der Waals surface area contributed by atoms with Crippen LogP contribution in [0, 0.1) is 0 Å². The lowest BCUT2D eigenvalue weighted by Crippen LogP contribution is -2.33. The maximum absolute atomic E-state index is 11.7. The van der Waals surface area contributed by atoms with E-state index < -0.39 is 48.4 Å². The molecule has 0 saturated heterocycles. The molecule has 34 heavy (non-hydrogen) atoms. The molecule has 9 nitrogen and oxygen atoms in total. The molecule has 0 spiro atoms. The van der Waals surface area contributed by atoms with Gasteiger partial charge in [-0.3, -0.25) is 4.79 Å². The lowest BCUT2D eigenvalue weighted by molar-refractivity contribution is -0.154. The predicted octanol–water partition coefficient (Wildman–Crippen LogP) is 3.98. The fraction of sp³-hybridized carbons (Fsp3) is 0.840. The summed E-state index contributed by atoms with van der Waals surface area (Å²) in [6.45, 7) is 3.22. The smallest absolute Gasteiger partial charge is 0.377 e. The van der Waals surface area contributed by atoms with Crippen molar-refractivity contribution in [1.29, 1.82) is 0 Å². The van der Waals surface area contributed by atoms with E-state index in [0.717, 1.165) is 19.3 Å². The number of unbranched alkanes of at least 4 members (excludes halogenated alkanes) is 12. The minimum atomic E-state index is -1.42. The third-order valence-corrected chi connectivity index (χ3v) is 5.45. The molecule has 1 heterocycles. The van der Waals surface area contributed by atoms with Crippen LogP contribution in [0.15, 0.2) is 11.5 Å². The molecule has 0 aromatic carbocycles. The largest absolute Gasteiger partial charge is 0.505 e. The van der Waals surface area contributed by atoms with Gasteiger partial charge < -0.3 is 35.0 Å². The normalized spacial score (nSPS) is 17.1. The summed E-state index contributed by atoms with van der Waals surface area (Å²) in [7, 11) is 0. The van der Waals surface area contributed by atoms with Gasteiger partial charge in [-0.15, -0.1) is 0 Å². The molecule has 1 unspecified atom stereocenters. The van der Waals surface area contributed by atoms with Crippen LogP contribution in [-0.2, 0) is 19.1 Å². The van der Waals surface area contributed by atoms with Gasteiger partial charge in [-0.1, -0.05) is 84.0 Å². The Morgan fingerprint density at radius 2 is 1.35 bits per heavy atom. The number of hydrogen-bond donors (Lipinski definition) is 5. The van der Waals surface area contributed by atoms with E-state index in [9.17, 15) is 24.9 Å². The van der Waals surface area contributed by atoms with Crippen molar-refractivity contribution in [2.45, 2.75) is 122 Å². The van der Waals surface area contributed by atoms with Crippen molar-refractivity contribution >= 4 is 11.9 Å². The van der Waals surface area contributed by atoms with Crippen molar-refractivity contribution < 1.29 is 44.6 Å². The molecule has 1 rings (SSSR count). The van der Waals surface area contributed by atoms with Gasteiger partial charge in [-0.2, -0.15) is 0 Å². The number of ether oxygens (including phenoxy) is 2. The van der Waals surface area contributed by atoms with Gasteiger partial charge in [0.2, 0.25) is 5.76 Å². The van der Waals surface area contributed by atoms with E-state index in [2.05, 4.69) is 11.7 Å². The second-order valence-electron chi connectivity index (χ2n) is 8.83. The summed E-state index contributed by atoms with van der Waals surface area (Å²) in [6.07, 6.45) is 12.8. The van der Waals surface area contributed by atoms with Crippen LogP contribution in [0.4, 0.5) is 0 Å². The third-order valence-electron chi connectivity index (χ3n) is 5.45. The Balaban J connectivity index is 0.00000196. The first-order valence-electron chi connectivity index (χ1n) is 12.7. The fourth-order valence-corrected chi connectivity index (χ4v) is 3.35. The molecule has 0 fully saturated rings. The monoisotopic (exact) mass is 490 g/mol. The van der Waals surface area contributed by atoms with Crippen molar-refractivity contribution in [2.24, 2.45) is 0 Å². The Labute approximate surface area is 203 Å². The average molecular weight is 491 g/mol. The fourth-order valence-electron chi connectivity index (χ4n) is 3.35. The van der Waals surface area contributed by atoms with Gasteiger partial charge in [0.1, 0.15) is 12.7 Å². The molecular formula is C25H46O9. The Morgan fingerprint density at radius 1 is 0.912 bits per heavy atom. The molecule has 0 bridgehead atoms. The molecule has 3 atom stereocenters. The molecule has 9 heteroatoms. The molecule has 1 aliphatic heterocycles. The van der Waals surface area contributed by atoms with Crippen LogP contribution < -0.4 is 0 Å². The van der Waals surface area contributed by atoms with Crippen molar-refractivity contribution in [3.05, 3.63) is 11.5 Å². The van der Waals surface area contributed by atoms with Crippen molar-refractivity contribution in [3.8, 4) is 0 Å². The maximum Gasteiger partial charge on any atom is 0.377 e. The second-order valence-corrected chi connectivity index (χ2v) is 8.83. The number of aliphatic hydroxyl groups excluding tert-OH is 5. The van der Waals surface area contributed by atoms with E-state index in [-0.39, 0.29) is 13.0 Å². The van der Waals surface area contributed by atoms with Gasteiger partial charge >= 0.3 is 11.9 Å². The van der Waals surface area contributed by atoms with Crippen molar-refractivity contribution in [3.63, 3.8) is 0 Å². The van der Waals surface area contributed by atoms with E-state index >= 15 is 0 Å². The number of carbonyl (C=O) groups is 2. The first-order valence-corrected chi connectivity index (χ1v) is 12.7. The van der Waals surface area contributed by atoms with Gasteiger partial charge in [0, 0.05) is 6.42 Å². The molecule has 0 saturated carbocycles. The maximum atomic E-state index is 11.7. The number of carbonyl (C=O) groups excluding carboxylic acids is 2. The van der Waals surface area contributed by atoms with E-state index in [1.54, 1.807) is 0 Å². The number of rotatable bonds is 18. The Hall–Kier alpha value is -1.84. The number of esters is 2. The Bertz CT molecular complexity index is 575. The van der Waals surface area contributed by atoms with Crippen molar-refractivity contribution in [2.75, 3.05) is 13.2 Å². The lowest BCUT2D eigenvalue weighted by Gasteiger charge is -2.17. The van der Waals surface area contributed by atoms with Crippen LogP contribution in [-0.4, -0.2) is 69.0 Å². The lowest BCUT2D eigenvalue weighted by atomic mass is 10.0. The quantitative estimate of drug-likeness (QED) is 0.142. The Morgan fingerprint density at radius 3 is 1.74 bits per heavy atom. The highest BCUT2D eigenvalue weighted by molar-refractivity contribution is 5.89. The number of hydrogen-bond acceptors (Lipinski definition) is 9. The SMILES string of the molecule is CC(O)CO.CCCCCCCCCCCCCCCC(=O)OC[C@H](O)[C@H]1OC(=O)C(O)=C1O. The van der Waals surface area contributed by atoms with Gasteiger partial charge in [-0.25, -0.2) is 4.79 Å². The van der Waals surface area contributed by atoms with Gasteiger partial charge in [0.05, 0.1) is 12.7 Å². The summed E-state index contributed by atoms with van der Waals surface area (Å²) < 4.78 is 9.55. The van der Waals surface area contributed by atoms with Crippen molar-refractivity contribution in [1.82, 2.24) is 0 Å². The minimum Gasteiger partial charge on any atom is -0.505 e. The van der Waals surface area contributed by atoms with Crippen LogP contribution in [0.5, 0.6) is 0 Å². The third kappa shape index (κ3) is 15.9. The highest BCUT2D eigenvalue weighted by Crippen LogP contribution is 2.21. The van der Waals surface area contributed by atoms with Crippen LogP contribution in [0.1, 0.15) is 104 Å². The predicted molar refractivity (Wildman–Crippen MR) is 128 cm³/mol. The van der Waals surface area contributed by atoms with Crippen LogP contribution in [0.3, 0.4) is 0 Å². The molecule has 5 N–H and O–H groups in total. The number of aliphatic hydroxyl groups is 5. The zero-order chi connectivity index (χ0) is 25.8. The van der Waals surface area contributed by atoms with Crippen LogP contribution in [0.2, 0.25) is 0 Å². The molecule has 200 valence electrons.